The second-order valence-corrected chi connectivity index (χ2v) is 3.48. The molecule has 2 aromatic carbocycles. The second-order valence-electron chi connectivity index (χ2n) is 3.21. The highest BCUT2D eigenvalue weighted by Crippen LogP contribution is 2.22. The van der Waals surface area contributed by atoms with Gasteiger partial charge >= 0.3 is 0 Å². The number of hydrogen-bond donors (Lipinski definition) is 1. The molecule has 2 rings (SSSR count). The first kappa shape index (κ1) is 9.99. The van der Waals surface area contributed by atoms with E-state index in [0.29, 0.717) is 0 Å². The maximum Gasteiger partial charge on any atom is 0.239 e. The summed E-state index contributed by atoms with van der Waals surface area (Å²) >= 11 is 5.44. The molecule has 1 N–H and O–H groups in total. The van der Waals surface area contributed by atoms with Gasteiger partial charge in [0.05, 0.1) is 0 Å². The Morgan fingerprint density at radius 1 is 1.13 bits per heavy atom. The maximum absolute atomic E-state index is 11.2. The van der Waals surface area contributed by atoms with E-state index < -0.39 is 0 Å². The highest BCUT2D eigenvalue weighted by molar-refractivity contribution is 6.29. The van der Waals surface area contributed by atoms with Crippen LogP contribution in [0.5, 0.6) is 0 Å². The number of alkyl halides is 1. The zero-order valence-corrected chi connectivity index (χ0v) is 8.79. The van der Waals surface area contributed by atoms with Crippen molar-refractivity contribution in [2.24, 2.45) is 0 Å². The van der Waals surface area contributed by atoms with Crippen molar-refractivity contribution >= 4 is 34.0 Å². The first-order chi connectivity index (χ1) is 7.31. The highest BCUT2D eigenvalue weighted by atomic mass is 35.5. The molecule has 0 saturated heterocycles. The zero-order valence-electron chi connectivity index (χ0n) is 8.03. The smallest absolute Gasteiger partial charge is 0.239 e. The summed E-state index contributed by atoms with van der Waals surface area (Å²) in [5.74, 6) is -0.212. The van der Waals surface area contributed by atoms with Gasteiger partial charge < -0.3 is 5.32 Å². The quantitative estimate of drug-likeness (QED) is 0.773. The number of benzene rings is 2. The van der Waals surface area contributed by atoms with E-state index in [2.05, 4.69) is 5.32 Å². The number of nitrogens with one attached hydrogen (secondary N) is 1. The molecular weight excluding hydrogens is 210 g/mol. The largest absolute Gasteiger partial charge is 0.324 e. The molecule has 2 aromatic rings. The summed E-state index contributed by atoms with van der Waals surface area (Å²) in [5, 5.41) is 4.89. The third kappa shape index (κ3) is 2.10. The summed E-state index contributed by atoms with van der Waals surface area (Å²) in [6.07, 6.45) is 0. The van der Waals surface area contributed by atoms with Gasteiger partial charge in [-0.15, -0.1) is 11.6 Å². The van der Waals surface area contributed by atoms with Gasteiger partial charge in [-0.1, -0.05) is 36.4 Å². The van der Waals surface area contributed by atoms with E-state index in [1.54, 1.807) is 0 Å². The van der Waals surface area contributed by atoms with Gasteiger partial charge in [0.2, 0.25) is 5.91 Å². The predicted molar refractivity (Wildman–Crippen MR) is 63.3 cm³/mol. The van der Waals surface area contributed by atoms with Crippen LogP contribution >= 0.6 is 11.6 Å². The summed E-state index contributed by atoms with van der Waals surface area (Å²) in [4.78, 5) is 11.2. The molecule has 15 heavy (non-hydrogen) atoms. The Morgan fingerprint density at radius 2 is 1.87 bits per heavy atom. The normalized spacial score (nSPS) is 10.2. The van der Waals surface area contributed by atoms with E-state index in [0.717, 1.165) is 16.5 Å². The van der Waals surface area contributed by atoms with Crippen LogP contribution in [-0.2, 0) is 4.79 Å². The van der Waals surface area contributed by atoms with E-state index in [-0.39, 0.29) is 11.8 Å². The van der Waals surface area contributed by atoms with Gasteiger partial charge in [0.25, 0.3) is 0 Å². The lowest BCUT2D eigenvalue weighted by Crippen LogP contribution is -2.12. The van der Waals surface area contributed by atoms with Crippen LogP contribution in [0.2, 0.25) is 0 Å². The summed E-state index contributed by atoms with van der Waals surface area (Å²) < 4.78 is 0. The third-order valence-electron chi connectivity index (χ3n) is 2.19. The summed E-state index contributed by atoms with van der Waals surface area (Å²) in [6, 6.07) is 13.7. The first-order valence-corrected chi connectivity index (χ1v) is 5.18. The molecule has 0 aliphatic rings. The van der Waals surface area contributed by atoms with Crippen molar-refractivity contribution in [3.63, 3.8) is 0 Å². The number of carbonyl (C=O) groups excluding carboxylic acids is 1. The van der Waals surface area contributed by atoms with Crippen LogP contribution in [0.3, 0.4) is 0 Å². The molecule has 0 atom stereocenters. The van der Waals surface area contributed by atoms with Gasteiger partial charge in [0.1, 0.15) is 5.88 Å². The Kier molecular flexibility index (Phi) is 2.88. The molecule has 0 unspecified atom stereocenters. The number of rotatable bonds is 2. The van der Waals surface area contributed by atoms with Gasteiger partial charge in [-0.25, -0.2) is 0 Å². The van der Waals surface area contributed by atoms with Crippen LogP contribution in [0, 0.1) is 0 Å². The standard InChI is InChI=1S/C12H10ClNO/c13-8-12(15)14-11-7-3-5-9-4-1-2-6-10(9)11/h1-7H,8H2,(H,14,15). The molecule has 3 heteroatoms. The number of carbonyl (C=O) groups is 1. The Hall–Kier alpha value is -1.54. The molecule has 0 bridgehead atoms. The fourth-order valence-corrected chi connectivity index (χ4v) is 1.58. The molecule has 1 amide bonds. The maximum atomic E-state index is 11.2. The van der Waals surface area contributed by atoms with Crippen molar-refractivity contribution in [2.45, 2.75) is 0 Å². The zero-order chi connectivity index (χ0) is 10.7. The van der Waals surface area contributed by atoms with Gasteiger partial charge in [-0.05, 0) is 11.5 Å². The van der Waals surface area contributed by atoms with Gasteiger partial charge in [0.15, 0.2) is 0 Å². The van der Waals surface area contributed by atoms with Crippen LogP contribution < -0.4 is 5.32 Å². The van der Waals surface area contributed by atoms with Crippen LogP contribution in [0.15, 0.2) is 42.5 Å². The first-order valence-electron chi connectivity index (χ1n) is 4.65. The van der Waals surface area contributed by atoms with Crippen molar-refractivity contribution < 1.29 is 4.79 Å². The number of amides is 1. The van der Waals surface area contributed by atoms with Crippen LogP contribution in [0.1, 0.15) is 0 Å². The lowest BCUT2D eigenvalue weighted by atomic mass is 10.1. The summed E-state index contributed by atoms with van der Waals surface area (Å²) in [6.45, 7) is 0. The molecule has 0 radical (unpaired) electrons. The third-order valence-corrected chi connectivity index (χ3v) is 2.43. The molecule has 0 aliphatic heterocycles. The average molecular weight is 220 g/mol. The van der Waals surface area contributed by atoms with Gasteiger partial charge in [0, 0.05) is 11.1 Å². The molecule has 0 aliphatic carbocycles. The van der Waals surface area contributed by atoms with Gasteiger partial charge in [-0.2, -0.15) is 0 Å². The minimum absolute atomic E-state index is 0.0246. The Bertz CT molecular complexity index is 490. The van der Waals surface area contributed by atoms with Crippen molar-refractivity contribution in [1.29, 1.82) is 0 Å². The lowest BCUT2D eigenvalue weighted by Gasteiger charge is -2.06. The molecule has 76 valence electrons. The second kappa shape index (κ2) is 4.32. The van der Waals surface area contributed by atoms with Crippen LogP contribution in [0.25, 0.3) is 10.8 Å². The minimum atomic E-state index is -0.187. The number of anilines is 1. The van der Waals surface area contributed by atoms with E-state index >= 15 is 0 Å². The molecule has 0 fully saturated rings. The van der Waals surface area contributed by atoms with Crippen molar-refractivity contribution in [3.8, 4) is 0 Å². The molecule has 2 nitrogen and oxygen atoms in total. The van der Waals surface area contributed by atoms with Gasteiger partial charge in [-0.3, -0.25) is 4.79 Å². The molecular formula is C12H10ClNO. The fraction of sp³-hybridized carbons (Fsp3) is 0.0833. The van der Waals surface area contributed by atoms with Crippen LogP contribution in [0.4, 0.5) is 5.69 Å². The topological polar surface area (TPSA) is 29.1 Å². The lowest BCUT2D eigenvalue weighted by molar-refractivity contribution is -0.113. The number of hydrogen-bond acceptors (Lipinski definition) is 1. The number of halogens is 1. The van der Waals surface area contributed by atoms with E-state index in [9.17, 15) is 4.79 Å². The molecule has 0 aromatic heterocycles. The summed E-state index contributed by atoms with van der Waals surface area (Å²) in [7, 11) is 0. The van der Waals surface area contributed by atoms with E-state index in [1.807, 2.05) is 42.5 Å². The molecule has 0 heterocycles. The van der Waals surface area contributed by atoms with Crippen molar-refractivity contribution in [1.82, 2.24) is 0 Å². The highest BCUT2D eigenvalue weighted by Gasteiger charge is 2.03. The Labute approximate surface area is 92.9 Å². The summed E-state index contributed by atoms with van der Waals surface area (Å²) in [5.41, 5.74) is 0.804. The molecule has 0 spiro atoms. The average Bonchev–Trinajstić information content (AvgIpc) is 2.29. The monoisotopic (exact) mass is 219 g/mol. The van der Waals surface area contributed by atoms with E-state index in [1.165, 1.54) is 0 Å². The fourth-order valence-electron chi connectivity index (χ4n) is 1.52. The van der Waals surface area contributed by atoms with Crippen molar-refractivity contribution in [2.75, 3.05) is 11.2 Å². The predicted octanol–water partition coefficient (Wildman–Crippen LogP) is 3.02. The number of fused-ring (bicyclic) bond motifs is 1. The van der Waals surface area contributed by atoms with E-state index in [4.69, 9.17) is 11.6 Å². The Morgan fingerprint density at radius 3 is 2.67 bits per heavy atom. The minimum Gasteiger partial charge on any atom is -0.324 e. The van der Waals surface area contributed by atoms with Crippen molar-refractivity contribution in [3.05, 3.63) is 42.5 Å². The Balaban J connectivity index is 2.46. The molecule has 0 saturated carbocycles. The van der Waals surface area contributed by atoms with Crippen LogP contribution in [-0.4, -0.2) is 11.8 Å². The SMILES string of the molecule is O=C(CCl)Nc1cccc2ccccc12.